The van der Waals surface area contributed by atoms with Crippen LogP contribution in [0.1, 0.15) is 0 Å². The van der Waals surface area contributed by atoms with Crippen molar-refractivity contribution in [2.45, 2.75) is 0 Å². The van der Waals surface area contributed by atoms with Crippen LogP contribution in [0, 0.1) is 10.1 Å². The quantitative estimate of drug-likeness (QED) is 0.497. The van der Waals surface area contributed by atoms with Crippen LogP contribution in [-0.4, -0.2) is 9.91 Å². The highest BCUT2D eigenvalue weighted by molar-refractivity contribution is 5.43. The minimum absolute atomic E-state index is 0.213. The fraction of sp³-hybridized carbons (Fsp3) is 0. The molecule has 0 aliphatic rings. The molecule has 1 heterocycles. The SMILES string of the molecule is Nc1ccc(Oc2ccc([N+](=O)[O-])nc2)cc1. The van der Waals surface area contributed by atoms with E-state index in [1.54, 1.807) is 24.3 Å². The molecule has 1 aromatic heterocycles. The van der Waals surface area contributed by atoms with E-state index in [0.717, 1.165) is 0 Å². The van der Waals surface area contributed by atoms with Gasteiger partial charge in [-0.25, -0.2) is 0 Å². The Kier molecular flexibility index (Phi) is 2.87. The number of hydrogen-bond acceptors (Lipinski definition) is 5. The summed E-state index contributed by atoms with van der Waals surface area (Å²) in [6.07, 6.45) is 1.30. The summed E-state index contributed by atoms with van der Waals surface area (Å²) in [4.78, 5) is 13.5. The van der Waals surface area contributed by atoms with Crippen molar-refractivity contribution in [2.24, 2.45) is 0 Å². The summed E-state index contributed by atoms with van der Waals surface area (Å²) in [6, 6.07) is 9.59. The van der Waals surface area contributed by atoms with Crippen molar-refractivity contribution in [1.29, 1.82) is 0 Å². The highest BCUT2D eigenvalue weighted by atomic mass is 16.6. The molecule has 2 aromatic rings. The topological polar surface area (TPSA) is 91.3 Å². The molecular formula is C11H9N3O3. The van der Waals surface area contributed by atoms with Crippen molar-refractivity contribution in [2.75, 3.05) is 5.73 Å². The third-order valence-electron chi connectivity index (χ3n) is 2.02. The van der Waals surface area contributed by atoms with Crippen LogP contribution in [0.25, 0.3) is 0 Å². The Bertz CT molecular complexity index is 523. The van der Waals surface area contributed by atoms with Crippen LogP contribution >= 0.6 is 0 Å². The molecule has 0 aliphatic heterocycles. The number of ether oxygens (including phenoxy) is 1. The maximum atomic E-state index is 10.4. The van der Waals surface area contributed by atoms with Crippen molar-refractivity contribution in [1.82, 2.24) is 4.98 Å². The Morgan fingerprint density at radius 2 is 1.76 bits per heavy atom. The summed E-state index contributed by atoms with van der Waals surface area (Å²) in [7, 11) is 0. The molecule has 17 heavy (non-hydrogen) atoms. The van der Waals surface area contributed by atoms with Crippen LogP contribution in [0.2, 0.25) is 0 Å². The van der Waals surface area contributed by atoms with Crippen LogP contribution in [0.15, 0.2) is 42.6 Å². The van der Waals surface area contributed by atoms with E-state index < -0.39 is 4.92 Å². The van der Waals surface area contributed by atoms with Gasteiger partial charge in [-0.2, -0.15) is 0 Å². The first-order valence-electron chi connectivity index (χ1n) is 4.79. The average molecular weight is 231 g/mol. The minimum Gasteiger partial charge on any atom is -0.453 e. The number of pyridine rings is 1. The van der Waals surface area contributed by atoms with Gasteiger partial charge in [-0.3, -0.25) is 0 Å². The Balaban J connectivity index is 2.13. The summed E-state index contributed by atoms with van der Waals surface area (Å²) in [6.45, 7) is 0. The predicted octanol–water partition coefficient (Wildman–Crippen LogP) is 2.36. The van der Waals surface area contributed by atoms with Gasteiger partial charge in [-0.1, -0.05) is 0 Å². The summed E-state index contributed by atoms with van der Waals surface area (Å²) in [5.41, 5.74) is 6.17. The number of rotatable bonds is 3. The first-order chi connectivity index (χ1) is 8.15. The van der Waals surface area contributed by atoms with Crippen LogP contribution in [-0.2, 0) is 0 Å². The third kappa shape index (κ3) is 2.69. The summed E-state index contributed by atoms with van der Waals surface area (Å²) < 4.78 is 5.43. The van der Waals surface area contributed by atoms with Gasteiger partial charge >= 0.3 is 5.82 Å². The molecule has 0 amide bonds. The molecule has 1 aromatic carbocycles. The van der Waals surface area contributed by atoms with Crippen LogP contribution in [0.4, 0.5) is 11.5 Å². The van der Waals surface area contributed by atoms with Gasteiger partial charge in [0, 0.05) is 11.8 Å². The zero-order valence-corrected chi connectivity index (χ0v) is 8.74. The molecular weight excluding hydrogens is 222 g/mol. The van der Waals surface area contributed by atoms with E-state index in [1.165, 1.54) is 18.3 Å². The zero-order chi connectivity index (χ0) is 12.3. The lowest BCUT2D eigenvalue weighted by Gasteiger charge is -2.03. The number of nitrogen functional groups attached to an aromatic ring is 1. The van der Waals surface area contributed by atoms with E-state index in [0.29, 0.717) is 17.2 Å². The molecule has 0 radical (unpaired) electrons. The number of hydrogen-bond donors (Lipinski definition) is 1. The van der Waals surface area contributed by atoms with Crippen molar-refractivity contribution >= 4 is 11.5 Å². The standard InChI is InChI=1S/C11H9N3O3/c12-8-1-3-9(4-2-8)17-10-5-6-11(13-7-10)14(15)16/h1-7H,12H2. The van der Waals surface area contributed by atoms with E-state index >= 15 is 0 Å². The van der Waals surface area contributed by atoms with Crippen molar-refractivity contribution < 1.29 is 9.66 Å². The third-order valence-corrected chi connectivity index (χ3v) is 2.02. The number of anilines is 1. The van der Waals surface area contributed by atoms with Gasteiger partial charge in [0.2, 0.25) is 0 Å². The summed E-state index contributed by atoms with van der Waals surface area (Å²) in [5, 5.41) is 10.4. The van der Waals surface area contributed by atoms with Gasteiger partial charge in [0.1, 0.15) is 5.75 Å². The second-order valence-electron chi connectivity index (χ2n) is 3.28. The molecule has 0 aliphatic carbocycles. The highest BCUT2D eigenvalue weighted by Gasteiger charge is 2.07. The normalized spacial score (nSPS) is 9.88. The summed E-state index contributed by atoms with van der Waals surface area (Å²) >= 11 is 0. The van der Waals surface area contributed by atoms with Gasteiger partial charge in [0.25, 0.3) is 0 Å². The van der Waals surface area contributed by atoms with E-state index in [-0.39, 0.29) is 5.82 Å². The predicted molar refractivity (Wildman–Crippen MR) is 61.8 cm³/mol. The van der Waals surface area contributed by atoms with E-state index in [2.05, 4.69) is 4.98 Å². The lowest BCUT2D eigenvalue weighted by atomic mass is 10.3. The molecule has 0 unspecified atom stereocenters. The largest absolute Gasteiger partial charge is 0.453 e. The number of aromatic nitrogens is 1. The minimum atomic E-state index is -0.563. The average Bonchev–Trinajstić information content (AvgIpc) is 2.33. The van der Waals surface area contributed by atoms with Gasteiger partial charge < -0.3 is 20.6 Å². The number of nitro groups is 1. The first kappa shape index (κ1) is 10.9. The smallest absolute Gasteiger partial charge is 0.363 e. The molecule has 0 saturated heterocycles. The molecule has 0 saturated carbocycles. The molecule has 6 heteroatoms. The number of nitrogens with zero attached hydrogens (tertiary/aromatic N) is 2. The second-order valence-corrected chi connectivity index (χ2v) is 3.28. The molecule has 0 atom stereocenters. The maximum absolute atomic E-state index is 10.4. The Hall–Kier alpha value is -2.63. The van der Waals surface area contributed by atoms with E-state index in [1.807, 2.05) is 0 Å². The molecule has 0 fully saturated rings. The number of nitrogens with two attached hydrogens (primary N) is 1. The molecule has 6 nitrogen and oxygen atoms in total. The lowest BCUT2D eigenvalue weighted by Crippen LogP contribution is -1.92. The van der Waals surface area contributed by atoms with Gasteiger partial charge in [-0.15, -0.1) is 0 Å². The maximum Gasteiger partial charge on any atom is 0.363 e. The van der Waals surface area contributed by atoms with Crippen LogP contribution in [0.5, 0.6) is 11.5 Å². The Labute approximate surface area is 96.8 Å². The van der Waals surface area contributed by atoms with Gasteiger partial charge in [0.05, 0.1) is 0 Å². The molecule has 2 N–H and O–H groups in total. The molecule has 2 rings (SSSR count). The monoisotopic (exact) mass is 231 g/mol. The van der Waals surface area contributed by atoms with E-state index in [4.69, 9.17) is 10.5 Å². The Morgan fingerprint density at radius 1 is 1.12 bits per heavy atom. The first-order valence-corrected chi connectivity index (χ1v) is 4.79. The molecule has 0 spiro atoms. The van der Waals surface area contributed by atoms with Crippen LogP contribution < -0.4 is 10.5 Å². The van der Waals surface area contributed by atoms with Crippen LogP contribution in [0.3, 0.4) is 0 Å². The van der Waals surface area contributed by atoms with Gasteiger partial charge in [-0.05, 0) is 40.2 Å². The fourth-order valence-corrected chi connectivity index (χ4v) is 1.21. The highest BCUT2D eigenvalue weighted by Crippen LogP contribution is 2.22. The fourth-order valence-electron chi connectivity index (χ4n) is 1.21. The Morgan fingerprint density at radius 3 is 2.29 bits per heavy atom. The lowest BCUT2D eigenvalue weighted by molar-refractivity contribution is -0.389. The molecule has 0 bridgehead atoms. The number of benzene rings is 1. The molecule has 86 valence electrons. The van der Waals surface area contributed by atoms with Crippen molar-refractivity contribution in [3.05, 3.63) is 52.7 Å². The van der Waals surface area contributed by atoms with Crippen molar-refractivity contribution in [3.63, 3.8) is 0 Å². The zero-order valence-electron chi connectivity index (χ0n) is 8.74. The second kappa shape index (κ2) is 4.48. The summed E-state index contributed by atoms with van der Waals surface area (Å²) in [5.74, 6) is 0.810. The van der Waals surface area contributed by atoms with Gasteiger partial charge in [0.15, 0.2) is 11.9 Å². The van der Waals surface area contributed by atoms with Crippen molar-refractivity contribution in [3.8, 4) is 11.5 Å². The van der Waals surface area contributed by atoms with E-state index in [9.17, 15) is 10.1 Å².